The van der Waals surface area contributed by atoms with Crippen LogP contribution in [-0.2, 0) is 0 Å². The highest BCUT2D eigenvalue weighted by atomic mass is 19.1. The number of rotatable bonds is 1. The first-order valence-corrected chi connectivity index (χ1v) is 4.84. The molecule has 1 nitrogen and oxygen atoms in total. The van der Waals surface area contributed by atoms with E-state index in [9.17, 15) is 4.39 Å². The third-order valence-corrected chi connectivity index (χ3v) is 2.42. The van der Waals surface area contributed by atoms with E-state index in [0.29, 0.717) is 5.56 Å². The van der Waals surface area contributed by atoms with Gasteiger partial charge >= 0.3 is 0 Å². The molecule has 0 saturated heterocycles. The van der Waals surface area contributed by atoms with E-state index in [2.05, 4.69) is 0 Å². The molecule has 0 heterocycles. The van der Waals surface area contributed by atoms with E-state index < -0.39 is 0 Å². The molecule has 0 radical (unpaired) electrons. The van der Waals surface area contributed by atoms with E-state index in [1.807, 2.05) is 33.8 Å². The minimum Gasteiger partial charge on any atom is -0.323 e. The first-order valence-electron chi connectivity index (χ1n) is 4.84. The number of benzene rings is 1. The van der Waals surface area contributed by atoms with Gasteiger partial charge in [-0.05, 0) is 24.0 Å². The molecule has 0 aliphatic carbocycles. The van der Waals surface area contributed by atoms with Crippen molar-refractivity contribution < 1.29 is 4.39 Å². The molecule has 78 valence electrons. The highest BCUT2D eigenvalue weighted by molar-refractivity contribution is 5.26. The number of hydrogen-bond acceptors (Lipinski definition) is 1. The van der Waals surface area contributed by atoms with Crippen molar-refractivity contribution >= 4 is 0 Å². The Bertz CT molecular complexity index is 326. The maximum Gasteiger partial charge on any atom is 0.128 e. The number of hydrogen-bond donors (Lipinski definition) is 1. The van der Waals surface area contributed by atoms with Gasteiger partial charge in [-0.2, -0.15) is 0 Å². The van der Waals surface area contributed by atoms with Gasteiger partial charge in [-0.3, -0.25) is 0 Å². The standard InChI is InChI=1S/C12H18FN/c1-8-5-6-9(10(13)7-8)11(14)12(2,3)4/h5-7,11H,14H2,1-4H3/t11-/m0/s1. The van der Waals surface area contributed by atoms with Crippen LogP contribution in [0, 0.1) is 18.2 Å². The maximum absolute atomic E-state index is 13.6. The molecule has 1 aromatic carbocycles. The van der Waals surface area contributed by atoms with Gasteiger partial charge in [-0.25, -0.2) is 4.39 Å². The van der Waals surface area contributed by atoms with Crippen molar-refractivity contribution in [2.24, 2.45) is 11.1 Å². The lowest BCUT2D eigenvalue weighted by Crippen LogP contribution is -2.27. The van der Waals surface area contributed by atoms with Crippen molar-refractivity contribution in [3.05, 3.63) is 35.1 Å². The lowest BCUT2D eigenvalue weighted by Gasteiger charge is -2.27. The molecule has 1 rings (SSSR count). The Labute approximate surface area is 85.1 Å². The quantitative estimate of drug-likeness (QED) is 0.731. The highest BCUT2D eigenvalue weighted by Crippen LogP contribution is 2.31. The molecule has 0 aromatic heterocycles. The molecule has 0 fully saturated rings. The summed E-state index contributed by atoms with van der Waals surface area (Å²) in [6.45, 7) is 7.90. The zero-order valence-electron chi connectivity index (χ0n) is 9.26. The normalized spacial score (nSPS) is 14.1. The summed E-state index contributed by atoms with van der Waals surface area (Å²) in [5.74, 6) is -0.201. The lowest BCUT2D eigenvalue weighted by molar-refractivity contribution is 0.319. The molecule has 0 bridgehead atoms. The van der Waals surface area contributed by atoms with Gasteiger partial charge < -0.3 is 5.73 Å². The van der Waals surface area contributed by atoms with Crippen LogP contribution in [0.15, 0.2) is 18.2 Å². The molecule has 0 aliphatic heterocycles. The second-order valence-corrected chi connectivity index (χ2v) is 4.87. The summed E-state index contributed by atoms with van der Waals surface area (Å²) in [5, 5.41) is 0. The monoisotopic (exact) mass is 195 g/mol. The predicted octanol–water partition coefficient (Wildman–Crippen LogP) is 3.18. The first-order chi connectivity index (χ1) is 6.32. The Morgan fingerprint density at radius 3 is 2.29 bits per heavy atom. The van der Waals surface area contributed by atoms with E-state index in [-0.39, 0.29) is 17.3 Å². The topological polar surface area (TPSA) is 26.0 Å². The van der Waals surface area contributed by atoms with Crippen LogP contribution in [0.3, 0.4) is 0 Å². The molecule has 0 unspecified atom stereocenters. The fourth-order valence-corrected chi connectivity index (χ4v) is 1.35. The molecule has 0 aliphatic rings. The fourth-order valence-electron chi connectivity index (χ4n) is 1.35. The zero-order valence-corrected chi connectivity index (χ0v) is 9.26. The Morgan fingerprint density at radius 2 is 1.86 bits per heavy atom. The summed E-state index contributed by atoms with van der Waals surface area (Å²) in [5.41, 5.74) is 7.39. The van der Waals surface area contributed by atoms with Gasteiger partial charge in [0, 0.05) is 11.6 Å². The minimum atomic E-state index is -0.261. The molecule has 14 heavy (non-hydrogen) atoms. The smallest absolute Gasteiger partial charge is 0.128 e. The van der Waals surface area contributed by atoms with Crippen molar-refractivity contribution in [3.63, 3.8) is 0 Å². The molecular weight excluding hydrogens is 177 g/mol. The fraction of sp³-hybridized carbons (Fsp3) is 0.500. The van der Waals surface area contributed by atoms with Crippen molar-refractivity contribution in [2.75, 3.05) is 0 Å². The third kappa shape index (κ3) is 2.32. The van der Waals surface area contributed by atoms with Crippen LogP contribution in [0.5, 0.6) is 0 Å². The lowest BCUT2D eigenvalue weighted by atomic mass is 9.83. The van der Waals surface area contributed by atoms with Crippen LogP contribution in [0.25, 0.3) is 0 Å². The summed E-state index contributed by atoms with van der Waals surface area (Å²) in [7, 11) is 0. The van der Waals surface area contributed by atoms with Crippen molar-refractivity contribution in [2.45, 2.75) is 33.7 Å². The molecule has 0 amide bonds. The van der Waals surface area contributed by atoms with Crippen molar-refractivity contribution in [1.82, 2.24) is 0 Å². The van der Waals surface area contributed by atoms with E-state index in [1.54, 1.807) is 6.07 Å². The Kier molecular flexibility index (Phi) is 2.95. The van der Waals surface area contributed by atoms with Crippen LogP contribution in [0.4, 0.5) is 4.39 Å². The Hall–Kier alpha value is -0.890. The molecule has 0 spiro atoms. The molecular formula is C12H18FN. The second-order valence-electron chi connectivity index (χ2n) is 4.87. The molecule has 1 aromatic rings. The summed E-state index contributed by atoms with van der Waals surface area (Å²) < 4.78 is 13.6. The van der Waals surface area contributed by atoms with Crippen molar-refractivity contribution in [3.8, 4) is 0 Å². The highest BCUT2D eigenvalue weighted by Gasteiger charge is 2.24. The number of halogens is 1. The SMILES string of the molecule is Cc1ccc([C@H](N)C(C)(C)C)c(F)c1. The maximum atomic E-state index is 13.6. The van der Waals surface area contributed by atoms with Gasteiger partial charge in [0.25, 0.3) is 0 Å². The second kappa shape index (κ2) is 3.70. The predicted molar refractivity (Wildman–Crippen MR) is 57.5 cm³/mol. The van der Waals surface area contributed by atoms with E-state index in [4.69, 9.17) is 5.73 Å². The summed E-state index contributed by atoms with van der Waals surface area (Å²) in [6.07, 6.45) is 0. The molecule has 1 atom stereocenters. The van der Waals surface area contributed by atoms with E-state index >= 15 is 0 Å². The van der Waals surface area contributed by atoms with Crippen LogP contribution >= 0.6 is 0 Å². The molecule has 2 heteroatoms. The number of aryl methyl sites for hydroxylation is 1. The van der Waals surface area contributed by atoms with Gasteiger partial charge in [0.1, 0.15) is 5.82 Å². The van der Waals surface area contributed by atoms with Gasteiger partial charge in [-0.1, -0.05) is 32.9 Å². The van der Waals surface area contributed by atoms with Gasteiger partial charge in [-0.15, -0.1) is 0 Å². The van der Waals surface area contributed by atoms with Crippen molar-refractivity contribution in [1.29, 1.82) is 0 Å². The average molecular weight is 195 g/mol. The minimum absolute atomic E-state index is 0.115. The van der Waals surface area contributed by atoms with Gasteiger partial charge in [0.05, 0.1) is 0 Å². The summed E-state index contributed by atoms with van der Waals surface area (Å²) in [6, 6.07) is 4.94. The molecule has 2 N–H and O–H groups in total. The van der Waals surface area contributed by atoms with Crippen LogP contribution in [-0.4, -0.2) is 0 Å². The summed E-state index contributed by atoms with van der Waals surface area (Å²) >= 11 is 0. The van der Waals surface area contributed by atoms with Crippen LogP contribution in [0.1, 0.15) is 37.9 Å². The van der Waals surface area contributed by atoms with E-state index in [0.717, 1.165) is 5.56 Å². The van der Waals surface area contributed by atoms with Crippen LogP contribution < -0.4 is 5.73 Å². The Balaban J connectivity index is 3.08. The first kappa shape index (κ1) is 11.2. The van der Waals surface area contributed by atoms with Gasteiger partial charge in [0.2, 0.25) is 0 Å². The van der Waals surface area contributed by atoms with Crippen LogP contribution in [0.2, 0.25) is 0 Å². The molecule has 0 saturated carbocycles. The third-order valence-electron chi connectivity index (χ3n) is 2.42. The largest absolute Gasteiger partial charge is 0.323 e. The summed E-state index contributed by atoms with van der Waals surface area (Å²) in [4.78, 5) is 0. The van der Waals surface area contributed by atoms with Gasteiger partial charge in [0.15, 0.2) is 0 Å². The van der Waals surface area contributed by atoms with E-state index in [1.165, 1.54) is 6.07 Å². The average Bonchev–Trinajstić information content (AvgIpc) is 2.01. The zero-order chi connectivity index (χ0) is 10.9. The number of nitrogens with two attached hydrogens (primary N) is 1. The Morgan fingerprint density at radius 1 is 1.29 bits per heavy atom.